The van der Waals surface area contributed by atoms with Crippen molar-refractivity contribution < 1.29 is 4.39 Å². The van der Waals surface area contributed by atoms with Crippen molar-refractivity contribution >= 4 is 12.2 Å². The van der Waals surface area contributed by atoms with Crippen LogP contribution in [-0.2, 0) is 0 Å². The van der Waals surface area contributed by atoms with Crippen LogP contribution in [0.4, 0.5) is 10.3 Å². The van der Waals surface area contributed by atoms with Crippen molar-refractivity contribution in [1.29, 1.82) is 0 Å². The molecule has 138 valence electrons. The zero-order valence-corrected chi connectivity index (χ0v) is 14.8. The van der Waals surface area contributed by atoms with Gasteiger partial charge in [0.2, 0.25) is 5.95 Å². The van der Waals surface area contributed by atoms with E-state index in [0.717, 1.165) is 55.4 Å². The summed E-state index contributed by atoms with van der Waals surface area (Å²) in [6, 6.07) is 8.08. The van der Waals surface area contributed by atoms with Crippen LogP contribution in [0.2, 0.25) is 0 Å². The third-order valence-electron chi connectivity index (χ3n) is 4.35. The van der Waals surface area contributed by atoms with E-state index >= 15 is 0 Å². The van der Waals surface area contributed by atoms with E-state index in [1.54, 1.807) is 24.7 Å². The molecule has 8 heteroatoms. The van der Waals surface area contributed by atoms with Crippen molar-refractivity contribution in [2.24, 2.45) is 4.99 Å². The van der Waals surface area contributed by atoms with Crippen molar-refractivity contribution in [1.82, 2.24) is 24.8 Å². The fourth-order valence-corrected chi connectivity index (χ4v) is 2.97. The second-order valence-corrected chi connectivity index (χ2v) is 6.26. The molecule has 0 amide bonds. The van der Waals surface area contributed by atoms with Gasteiger partial charge in [0.05, 0.1) is 30.1 Å². The highest BCUT2D eigenvalue weighted by atomic mass is 19.1. The molecule has 0 radical (unpaired) electrons. The molecule has 0 bridgehead atoms. The molecule has 2 N–H and O–H groups in total. The van der Waals surface area contributed by atoms with Gasteiger partial charge in [-0.05, 0) is 36.8 Å². The molecule has 3 aromatic rings. The molecule has 0 saturated heterocycles. The largest absolute Gasteiger partial charge is 0.354 e. The lowest BCUT2D eigenvalue weighted by Gasteiger charge is -2.13. The van der Waals surface area contributed by atoms with E-state index in [-0.39, 0.29) is 5.82 Å². The summed E-state index contributed by atoms with van der Waals surface area (Å²) in [6.45, 7) is 3.49. The maximum atomic E-state index is 13.2. The SMILES string of the molecule is Fc1ccc(-c2nc[nH]c2-c2ccnc(NCCCN3CC=NC3)n2)cc1. The van der Waals surface area contributed by atoms with Gasteiger partial charge < -0.3 is 10.3 Å². The quantitative estimate of drug-likeness (QED) is 0.629. The molecule has 1 aliphatic rings. The zero-order valence-electron chi connectivity index (χ0n) is 14.8. The Morgan fingerprint density at radius 2 is 2.04 bits per heavy atom. The van der Waals surface area contributed by atoms with E-state index in [0.29, 0.717) is 5.95 Å². The number of hydrogen-bond acceptors (Lipinski definition) is 6. The van der Waals surface area contributed by atoms with Crippen molar-refractivity contribution in [3.05, 3.63) is 48.7 Å². The normalized spacial score (nSPS) is 14.0. The number of rotatable bonds is 7. The number of aromatic amines is 1. The fourth-order valence-electron chi connectivity index (χ4n) is 2.97. The molecular weight excluding hydrogens is 345 g/mol. The predicted molar refractivity (Wildman–Crippen MR) is 103 cm³/mol. The van der Waals surface area contributed by atoms with Crippen LogP contribution in [0, 0.1) is 5.82 Å². The van der Waals surface area contributed by atoms with Crippen LogP contribution in [0.15, 0.2) is 47.8 Å². The Kier molecular flexibility index (Phi) is 5.15. The van der Waals surface area contributed by atoms with Gasteiger partial charge >= 0.3 is 0 Å². The summed E-state index contributed by atoms with van der Waals surface area (Å²) >= 11 is 0. The predicted octanol–water partition coefficient (Wildman–Crippen LogP) is 2.82. The van der Waals surface area contributed by atoms with Gasteiger partial charge in [-0.2, -0.15) is 0 Å². The molecule has 0 aliphatic carbocycles. The summed E-state index contributed by atoms with van der Waals surface area (Å²) in [5.74, 6) is 0.301. The zero-order chi connectivity index (χ0) is 18.5. The summed E-state index contributed by atoms with van der Waals surface area (Å²) in [5.41, 5.74) is 3.07. The Morgan fingerprint density at radius 3 is 2.85 bits per heavy atom. The van der Waals surface area contributed by atoms with Gasteiger partial charge in [-0.15, -0.1) is 0 Å². The molecule has 2 aromatic heterocycles. The average molecular weight is 365 g/mol. The van der Waals surface area contributed by atoms with Crippen molar-refractivity contribution in [2.45, 2.75) is 6.42 Å². The van der Waals surface area contributed by atoms with Gasteiger partial charge in [-0.3, -0.25) is 9.89 Å². The first-order valence-corrected chi connectivity index (χ1v) is 8.87. The Bertz CT molecular complexity index is 912. The van der Waals surface area contributed by atoms with E-state index in [1.165, 1.54) is 12.1 Å². The molecule has 1 aliphatic heterocycles. The standard InChI is InChI=1S/C19H20FN7/c20-15-4-2-14(3-5-15)17-18(25-12-24-17)16-6-8-23-19(26-16)22-7-1-10-27-11-9-21-13-27/h2-6,8-9,12H,1,7,10-11,13H2,(H,24,25)(H,22,23,26). The number of aromatic nitrogens is 4. The van der Waals surface area contributed by atoms with Gasteiger partial charge in [-0.1, -0.05) is 0 Å². The number of halogens is 1. The van der Waals surface area contributed by atoms with Gasteiger partial charge in [-0.25, -0.2) is 19.3 Å². The summed E-state index contributed by atoms with van der Waals surface area (Å²) in [6.07, 6.45) is 6.26. The lowest BCUT2D eigenvalue weighted by atomic mass is 10.1. The van der Waals surface area contributed by atoms with Crippen LogP contribution in [-0.4, -0.2) is 57.4 Å². The summed E-state index contributed by atoms with van der Waals surface area (Å²) in [7, 11) is 0. The van der Waals surface area contributed by atoms with E-state index in [9.17, 15) is 4.39 Å². The molecule has 1 aromatic carbocycles. The number of aliphatic imine (C=N–C) groups is 1. The third-order valence-corrected chi connectivity index (χ3v) is 4.35. The highest BCUT2D eigenvalue weighted by Crippen LogP contribution is 2.28. The number of nitrogens with zero attached hydrogens (tertiary/aromatic N) is 5. The molecular formula is C19H20FN7. The van der Waals surface area contributed by atoms with E-state index in [4.69, 9.17) is 0 Å². The third kappa shape index (κ3) is 4.17. The Labute approximate surface area is 156 Å². The van der Waals surface area contributed by atoms with Gasteiger partial charge in [0.1, 0.15) is 5.82 Å². The number of benzene rings is 1. The maximum absolute atomic E-state index is 13.2. The number of H-pyrrole nitrogens is 1. The van der Waals surface area contributed by atoms with Crippen LogP contribution in [0.1, 0.15) is 6.42 Å². The minimum atomic E-state index is -0.273. The van der Waals surface area contributed by atoms with E-state index in [2.05, 4.69) is 35.1 Å². The van der Waals surface area contributed by atoms with Crippen molar-refractivity contribution in [2.75, 3.05) is 31.6 Å². The summed E-state index contributed by atoms with van der Waals surface area (Å²) < 4.78 is 13.2. The average Bonchev–Trinajstić information content (AvgIpc) is 3.38. The molecule has 27 heavy (non-hydrogen) atoms. The fraction of sp³-hybridized carbons (Fsp3) is 0.263. The number of nitrogens with one attached hydrogen (secondary N) is 2. The minimum Gasteiger partial charge on any atom is -0.354 e. The molecule has 0 fully saturated rings. The Hall–Kier alpha value is -3.13. The molecule has 3 heterocycles. The lowest BCUT2D eigenvalue weighted by Crippen LogP contribution is -2.23. The monoisotopic (exact) mass is 365 g/mol. The molecule has 7 nitrogen and oxygen atoms in total. The van der Waals surface area contributed by atoms with Gasteiger partial charge in [0, 0.05) is 37.6 Å². The number of anilines is 1. The van der Waals surface area contributed by atoms with Gasteiger partial charge in [0.25, 0.3) is 0 Å². The minimum absolute atomic E-state index is 0.273. The second-order valence-electron chi connectivity index (χ2n) is 6.26. The van der Waals surface area contributed by atoms with Crippen LogP contribution in [0.3, 0.4) is 0 Å². The maximum Gasteiger partial charge on any atom is 0.223 e. The van der Waals surface area contributed by atoms with Crippen LogP contribution in [0.25, 0.3) is 22.6 Å². The first-order chi connectivity index (χ1) is 13.3. The second kappa shape index (κ2) is 8.05. The topological polar surface area (TPSA) is 82.1 Å². The summed E-state index contributed by atoms with van der Waals surface area (Å²) in [5, 5.41) is 3.26. The first kappa shape index (κ1) is 17.3. The van der Waals surface area contributed by atoms with Crippen LogP contribution < -0.4 is 5.32 Å². The molecule has 0 spiro atoms. The first-order valence-electron chi connectivity index (χ1n) is 8.87. The Morgan fingerprint density at radius 1 is 1.15 bits per heavy atom. The van der Waals surface area contributed by atoms with Crippen molar-refractivity contribution in [3.63, 3.8) is 0 Å². The van der Waals surface area contributed by atoms with Crippen LogP contribution >= 0.6 is 0 Å². The Balaban J connectivity index is 1.43. The lowest BCUT2D eigenvalue weighted by molar-refractivity contribution is 0.341. The molecule has 0 atom stereocenters. The highest BCUT2D eigenvalue weighted by molar-refractivity contribution is 5.76. The van der Waals surface area contributed by atoms with Gasteiger partial charge in [0.15, 0.2) is 0 Å². The summed E-state index contributed by atoms with van der Waals surface area (Å²) in [4.78, 5) is 22.8. The number of imidazole rings is 1. The molecule has 4 rings (SSSR count). The van der Waals surface area contributed by atoms with Crippen molar-refractivity contribution in [3.8, 4) is 22.6 Å². The van der Waals surface area contributed by atoms with E-state index < -0.39 is 0 Å². The van der Waals surface area contributed by atoms with Crippen LogP contribution in [0.5, 0.6) is 0 Å². The van der Waals surface area contributed by atoms with E-state index in [1.807, 2.05) is 12.3 Å². The molecule has 0 saturated carbocycles. The smallest absolute Gasteiger partial charge is 0.223 e. The molecule has 0 unspecified atom stereocenters. The number of hydrogen-bond donors (Lipinski definition) is 2. The highest BCUT2D eigenvalue weighted by Gasteiger charge is 2.13.